The summed E-state index contributed by atoms with van der Waals surface area (Å²) in [4.78, 5) is 4.44. The lowest BCUT2D eigenvalue weighted by Gasteiger charge is -2.09. The molecule has 20 heavy (non-hydrogen) atoms. The molecular weight excluding hydrogens is 282 g/mol. The second kappa shape index (κ2) is 4.87. The molecule has 102 valence electrons. The Morgan fingerprint density at radius 2 is 1.95 bits per heavy atom. The van der Waals surface area contributed by atoms with Crippen molar-refractivity contribution in [2.24, 2.45) is 0 Å². The Morgan fingerprint density at radius 3 is 2.65 bits per heavy atom. The monoisotopic (exact) mass is 292 g/mol. The van der Waals surface area contributed by atoms with Crippen molar-refractivity contribution in [2.45, 2.75) is 12.8 Å². The van der Waals surface area contributed by atoms with Crippen LogP contribution in [0.5, 0.6) is 0 Å². The van der Waals surface area contributed by atoms with Crippen LogP contribution >= 0.6 is 11.6 Å². The molecule has 5 heteroatoms. The van der Waals surface area contributed by atoms with E-state index < -0.39 is 11.6 Å². The van der Waals surface area contributed by atoms with Crippen molar-refractivity contribution < 1.29 is 8.78 Å². The van der Waals surface area contributed by atoms with Crippen molar-refractivity contribution >= 4 is 22.6 Å². The average Bonchev–Trinajstić information content (AvgIpc) is 2.82. The molecule has 0 aliphatic heterocycles. The highest BCUT2D eigenvalue weighted by Gasteiger charge is 2.14. The molecule has 1 aromatic heterocycles. The number of hydrogen-bond acceptors (Lipinski definition) is 1. The number of fused-ring (bicyclic) bond motifs is 1. The van der Waals surface area contributed by atoms with Gasteiger partial charge in [0.15, 0.2) is 11.6 Å². The van der Waals surface area contributed by atoms with Gasteiger partial charge in [0.05, 0.1) is 22.6 Å². The van der Waals surface area contributed by atoms with Crippen LogP contribution < -0.4 is 0 Å². The quantitative estimate of drug-likeness (QED) is 0.642. The maximum Gasteiger partial charge on any atom is 0.160 e. The molecule has 0 saturated carbocycles. The maximum atomic E-state index is 13.5. The molecule has 1 heterocycles. The fourth-order valence-electron chi connectivity index (χ4n) is 2.33. The molecule has 0 N–H and O–H groups in total. The van der Waals surface area contributed by atoms with Crippen LogP contribution in [0.1, 0.15) is 11.4 Å². The molecule has 0 aliphatic rings. The van der Waals surface area contributed by atoms with Gasteiger partial charge in [-0.1, -0.05) is 12.1 Å². The molecule has 0 atom stereocenters. The number of aryl methyl sites for hydroxylation is 1. The number of halogens is 3. The zero-order valence-electron chi connectivity index (χ0n) is 10.7. The summed E-state index contributed by atoms with van der Waals surface area (Å²) in [5, 5.41) is 0. The van der Waals surface area contributed by atoms with E-state index in [1.54, 1.807) is 4.57 Å². The predicted octanol–water partition coefficient (Wildman–Crippen LogP) is 4.35. The van der Waals surface area contributed by atoms with E-state index in [1.807, 2.05) is 25.1 Å². The van der Waals surface area contributed by atoms with Gasteiger partial charge in [-0.15, -0.1) is 11.6 Å². The Hall–Kier alpha value is -1.94. The van der Waals surface area contributed by atoms with Gasteiger partial charge in [0, 0.05) is 6.07 Å². The Labute approximate surface area is 119 Å². The molecule has 0 aliphatic carbocycles. The van der Waals surface area contributed by atoms with Gasteiger partial charge in [0.25, 0.3) is 0 Å². The molecule has 0 saturated heterocycles. The van der Waals surface area contributed by atoms with Gasteiger partial charge in [0.2, 0.25) is 0 Å². The molecule has 2 nitrogen and oxygen atoms in total. The number of nitrogens with zero attached hydrogens (tertiary/aromatic N) is 2. The first-order chi connectivity index (χ1) is 9.61. The zero-order chi connectivity index (χ0) is 14.3. The summed E-state index contributed by atoms with van der Waals surface area (Å²) in [7, 11) is 0. The van der Waals surface area contributed by atoms with Gasteiger partial charge in [-0.25, -0.2) is 13.8 Å². The minimum atomic E-state index is -0.890. The molecule has 0 bridgehead atoms. The summed E-state index contributed by atoms with van der Waals surface area (Å²) in [5.74, 6) is -0.977. The van der Waals surface area contributed by atoms with Crippen LogP contribution in [0.3, 0.4) is 0 Å². The van der Waals surface area contributed by atoms with Crippen LogP contribution in [-0.4, -0.2) is 9.55 Å². The van der Waals surface area contributed by atoms with Crippen molar-refractivity contribution in [3.8, 4) is 5.69 Å². The van der Waals surface area contributed by atoms with E-state index in [0.29, 0.717) is 11.5 Å². The fraction of sp³-hybridized carbons (Fsp3) is 0.133. The van der Waals surface area contributed by atoms with E-state index in [0.717, 1.165) is 28.7 Å². The van der Waals surface area contributed by atoms with Gasteiger partial charge < -0.3 is 0 Å². The lowest BCUT2D eigenvalue weighted by molar-refractivity contribution is 0.508. The minimum Gasteiger partial charge on any atom is -0.295 e. The number of imidazole rings is 1. The minimum absolute atomic E-state index is 0.188. The highest BCUT2D eigenvalue weighted by Crippen LogP contribution is 2.26. The number of rotatable bonds is 2. The second-order valence-electron chi connectivity index (χ2n) is 4.54. The van der Waals surface area contributed by atoms with Crippen molar-refractivity contribution in [3.05, 3.63) is 59.4 Å². The topological polar surface area (TPSA) is 17.8 Å². The second-order valence-corrected chi connectivity index (χ2v) is 4.81. The van der Waals surface area contributed by atoms with E-state index in [1.165, 1.54) is 6.07 Å². The van der Waals surface area contributed by atoms with Gasteiger partial charge in [-0.2, -0.15) is 0 Å². The third kappa shape index (κ3) is 1.96. The number of hydrogen-bond donors (Lipinski definition) is 0. The molecule has 0 unspecified atom stereocenters. The van der Waals surface area contributed by atoms with Crippen LogP contribution in [0.4, 0.5) is 8.78 Å². The first-order valence-electron chi connectivity index (χ1n) is 6.10. The van der Waals surface area contributed by atoms with E-state index in [9.17, 15) is 8.78 Å². The first kappa shape index (κ1) is 13.1. The molecule has 0 radical (unpaired) electrons. The Balaban J connectivity index is 2.36. The van der Waals surface area contributed by atoms with Crippen molar-refractivity contribution in [1.82, 2.24) is 9.55 Å². The predicted molar refractivity (Wildman–Crippen MR) is 75.3 cm³/mol. The van der Waals surface area contributed by atoms with Gasteiger partial charge in [-0.05, 0) is 30.7 Å². The smallest absolute Gasteiger partial charge is 0.160 e. The number of benzene rings is 2. The molecule has 0 amide bonds. The number of para-hydroxylation sites is 1. The number of aromatic nitrogens is 2. The van der Waals surface area contributed by atoms with Crippen LogP contribution in [0, 0.1) is 18.6 Å². The Kier molecular flexibility index (Phi) is 3.18. The van der Waals surface area contributed by atoms with Gasteiger partial charge in [-0.3, -0.25) is 4.57 Å². The summed E-state index contributed by atoms with van der Waals surface area (Å²) in [6, 6.07) is 9.49. The van der Waals surface area contributed by atoms with Crippen LogP contribution in [0.2, 0.25) is 0 Å². The lowest BCUT2D eigenvalue weighted by Crippen LogP contribution is -2.01. The third-order valence-corrected chi connectivity index (χ3v) is 3.47. The van der Waals surface area contributed by atoms with Gasteiger partial charge >= 0.3 is 0 Å². The average molecular weight is 293 g/mol. The molecule has 0 spiro atoms. The normalized spacial score (nSPS) is 11.2. The SMILES string of the molecule is Cc1cccc2nc(CCl)n(-c3ccc(F)c(F)c3)c12. The van der Waals surface area contributed by atoms with Crippen LogP contribution in [0.25, 0.3) is 16.7 Å². The van der Waals surface area contributed by atoms with Crippen LogP contribution in [0.15, 0.2) is 36.4 Å². The summed E-state index contributed by atoms with van der Waals surface area (Å²) in [6.07, 6.45) is 0. The summed E-state index contributed by atoms with van der Waals surface area (Å²) < 4.78 is 28.3. The Bertz CT molecular complexity index is 796. The lowest BCUT2D eigenvalue weighted by atomic mass is 10.2. The first-order valence-corrected chi connectivity index (χ1v) is 6.63. The fourth-order valence-corrected chi connectivity index (χ4v) is 2.51. The van der Waals surface area contributed by atoms with Gasteiger partial charge in [0.1, 0.15) is 5.82 Å². The summed E-state index contributed by atoms with van der Waals surface area (Å²) >= 11 is 5.93. The van der Waals surface area contributed by atoms with E-state index >= 15 is 0 Å². The summed E-state index contributed by atoms with van der Waals surface area (Å²) in [5.41, 5.74) is 3.15. The standard InChI is InChI=1S/C15H11ClF2N2/c1-9-3-2-4-13-15(9)20(14(8-16)19-13)10-5-6-11(17)12(18)7-10/h2-7H,8H2,1H3. The van der Waals surface area contributed by atoms with E-state index in [2.05, 4.69) is 4.98 Å². The molecule has 0 fully saturated rings. The highest BCUT2D eigenvalue weighted by atomic mass is 35.5. The maximum absolute atomic E-state index is 13.5. The summed E-state index contributed by atoms with van der Waals surface area (Å²) in [6.45, 7) is 1.94. The molecule has 2 aromatic carbocycles. The highest BCUT2D eigenvalue weighted by molar-refractivity contribution is 6.17. The van der Waals surface area contributed by atoms with Crippen molar-refractivity contribution in [1.29, 1.82) is 0 Å². The van der Waals surface area contributed by atoms with E-state index in [-0.39, 0.29) is 5.88 Å². The largest absolute Gasteiger partial charge is 0.295 e. The molecule has 3 rings (SSSR count). The van der Waals surface area contributed by atoms with Crippen molar-refractivity contribution in [2.75, 3.05) is 0 Å². The molecular formula is C15H11ClF2N2. The third-order valence-electron chi connectivity index (χ3n) is 3.23. The Morgan fingerprint density at radius 1 is 1.15 bits per heavy atom. The molecule has 3 aromatic rings. The number of alkyl halides is 1. The van der Waals surface area contributed by atoms with Crippen molar-refractivity contribution in [3.63, 3.8) is 0 Å². The van der Waals surface area contributed by atoms with E-state index in [4.69, 9.17) is 11.6 Å². The zero-order valence-corrected chi connectivity index (χ0v) is 11.5. The van der Waals surface area contributed by atoms with Crippen LogP contribution in [-0.2, 0) is 5.88 Å².